The summed E-state index contributed by atoms with van der Waals surface area (Å²) < 4.78 is 8.42. The number of carbonyl (C=O) groups excluding carboxylic acids is 4. The Bertz CT molecular complexity index is 1180. The van der Waals surface area contributed by atoms with E-state index in [1.54, 1.807) is 19.9 Å². The van der Waals surface area contributed by atoms with Gasteiger partial charge >= 0.3 is 5.97 Å². The summed E-state index contributed by atoms with van der Waals surface area (Å²) in [6, 6.07) is 4.38. The van der Waals surface area contributed by atoms with Crippen LogP contribution in [0.3, 0.4) is 0 Å². The number of hydrogen-bond donors (Lipinski definition) is 1. The first-order chi connectivity index (χ1) is 15.9. The van der Waals surface area contributed by atoms with Crippen LogP contribution in [0, 0.1) is 34.0 Å². The number of imide groups is 1. The van der Waals surface area contributed by atoms with Crippen molar-refractivity contribution in [3.63, 3.8) is 0 Å². The number of halogens is 4. The van der Waals surface area contributed by atoms with Crippen molar-refractivity contribution < 1.29 is 23.9 Å². The number of ether oxygens (including phenoxy) is 1. The van der Waals surface area contributed by atoms with E-state index in [-0.39, 0.29) is 0 Å². The van der Waals surface area contributed by atoms with E-state index in [1.807, 2.05) is 26.0 Å². The van der Waals surface area contributed by atoms with E-state index in [4.69, 9.17) is 4.74 Å². The second-order valence-electron chi connectivity index (χ2n) is 8.08. The van der Waals surface area contributed by atoms with Gasteiger partial charge in [-0.15, -0.1) is 0 Å². The number of rotatable bonds is 6. The number of nitrogens with one attached hydrogen (secondary N) is 1. The molecule has 1 atom stereocenters. The van der Waals surface area contributed by atoms with Gasteiger partial charge in [0.1, 0.15) is 6.04 Å². The molecule has 3 rings (SSSR count). The van der Waals surface area contributed by atoms with E-state index < -0.39 is 42.3 Å². The molecule has 0 saturated carbocycles. The van der Waals surface area contributed by atoms with E-state index in [0.29, 0.717) is 24.0 Å². The third-order valence-electron chi connectivity index (χ3n) is 5.51. The van der Waals surface area contributed by atoms with Crippen molar-refractivity contribution in [3.8, 4) is 0 Å². The van der Waals surface area contributed by atoms with Crippen LogP contribution < -0.4 is 5.32 Å². The summed E-state index contributed by atoms with van der Waals surface area (Å²) >= 11 is 8.43. The van der Waals surface area contributed by atoms with E-state index in [1.165, 1.54) is 0 Å². The summed E-state index contributed by atoms with van der Waals surface area (Å²) in [6.45, 7) is 6.76. The van der Waals surface area contributed by atoms with Crippen molar-refractivity contribution >= 4 is 120 Å². The molecule has 0 aliphatic carbocycles. The normalized spacial score (nSPS) is 13.9. The van der Waals surface area contributed by atoms with Crippen LogP contribution in [0.15, 0.2) is 18.2 Å². The van der Waals surface area contributed by atoms with Crippen molar-refractivity contribution in [3.05, 3.63) is 54.7 Å². The fraction of sp³-hybridized carbons (Fsp3) is 0.304. The molecule has 0 fully saturated rings. The molecule has 2 aromatic carbocycles. The Labute approximate surface area is 252 Å². The van der Waals surface area contributed by atoms with Gasteiger partial charge in [-0.25, -0.2) is 4.79 Å². The van der Waals surface area contributed by atoms with Gasteiger partial charge in [-0.2, -0.15) is 0 Å². The van der Waals surface area contributed by atoms with Gasteiger partial charge in [-0.1, -0.05) is 26.0 Å². The van der Waals surface area contributed by atoms with Gasteiger partial charge in [0, 0.05) is 20.0 Å². The highest BCUT2D eigenvalue weighted by Gasteiger charge is 2.47. The number of amides is 3. The summed E-state index contributed by atoms with van der Waals surface area (Å²) in [5, 5.41) is 2.74. The number of benzene rings is 2. The lowest BCUT2D eigenvalue weighted by molar-refractivity contribution is -0.152. The molecule has 0 bridgehead atoms. The van der Waals surface area contributed by atoms with E-state index in [0.717, 1.165) is 23.2 Å². The number of aryl methyl sites for hydroxylation is 1. The van der Waals surface area contributed by atoms with Crippen molar-refractivity contribution in [2.75, 3.05) is 11.9 Å². The number of hydrogen-bond acceptors (Lipinski definition) is 5. The number of esters is 1. The van der Waals surface area contributed by atoms with Gasteiger partial charge in [-0.05, 0) is 127 Å². The smallest absolute Gasteiger partial charge is 0.330 e. The van der Waals surface area contributed by atoms with Crippen LogP contribution in [0.4, 0.5) is 5.69 Å². The lowest BCUT2D eigenvalue weighted by atomic mass is 10.0. The Morgan fingerprint density at radius 2 is 1.47 bits per heavy atom. The van der Waals surface area contributed by atoms with Crippen LogP contribution in [0.2, 0.25) is 0 Å². The van der Waals surface area contributed by atoms with Crippen LogP contribution in [0.5, 0.6) is 0 Å². The van der Waals surface area contributed by atoms with Crippen LogP contribution in [-0.4, -0.2) is 41.2 Å². The largest absolute Gasteiger partial charge is 0.454 e. The molecule has 180 valence electrons. The zero-order valence-electron chi connectivity index (χ0n) is 18.6. The molecule has 2 aromatic rings. The molecular weight excluding hydrogens is 892 g/mol. The van der Waals surface area contributed by atoms with E-state index in [2.05, 4.69) is 95.7 Å². The van der Waals surface area contributed by atoms with Gasteiger partial charge in [0.05, 0.1) is 11.1 Å². The Balaban J connectivity index is 1.81. The number of nitrogens with zero attached hydrogens (tertiary/aromatic N) is 1. The third-order valence-corrected chi connectivity index (χ3v) is 12.9. The second-order valence-corrected chi connectivity index (χ2v) is 12.4. The van der Waals surface area contributed by atoms with E-state index in [9.17, 15) is 19.2 Å². The molecule has 7 nitrogen and oxygen atoms in total. The average Bonchev–Trinajstić information content (AvgIpc) is 3.03. The molecule has 11 heteroatoms. The molecule has 0 saturated heterocycles. The van der Waals surface area contributed by atoms with Crippen molar-refractivity contribution in [1.29, 1.82) is 0 Å². The first-order valence-corrected chi connectivity index (χ1v) is 14.5. The molecule has 34 heavy (non-hydrogen) atoms. The minimum Gasteiger partial charge on any atom is -0.454 e. The molecule has 1 N–H and O–H groups in total. The van der Waals surface area contributed by atoms with Crippen molar-refractivity contribution in [2.45, 2.75) is 33.7 Å². The molecule has 1 heterocycles. The maximum atomic E-state index is 13.3. The first-order valence-electron chi connectivity index (χ1n) is 10.1. The molecule has 3 amide bonds. The van der Waals surface area contributed by atoms with Crippen LogP contribution in [0.1, 0.15) is 45.7 Å². The molecule has 0 spiro atoms. The third kappa shape index (κ3) is 5.26. The topological polar surface area (TPSA) is 92.8 Å². The maximum Gasteiger partial charge on any atom is 0.330 e. The lowest BCUT2D eigenvalue weighted by Crippen LogP contribution is -2.49. The minimum atomic E-state index is -1.15. The highest BCUT2D eigenvalue weighted by molar-refractivity contribution is 14.1. The Morgan fingerprint density at radius 1 is 0.941 bits per heavy atom. The molecule has 1 aliphatic rings. The Hall–Kier alpha value is -0.560. The summed E-state index contributed by atoms with van der Waals surface area (Å²) in [6.07, 6.45) is 0. The highest BCUT2D eigenvalue weighted by atomic mass is 127. The summed E-state index contributed by atoms with van der Waals surface area (Å²) in [5.74, 6) is -2.75. The van der Waals surface area contributed by atoms with Crippen molar-refractivity contribution in [2.24, 2.45) is 5.92 Å². The Kier molecular flexibility index (Phi) is 9.25. The average molecular weight is 912 g/mol. The monoisotopic (exact) mass is 912 g/mol. The number of anilines is 1. The SMILES string of the molecule is Cc1cccc(NC(=O)COC(=O)[C@@H](C(C)C)N2C(=O)c3c(I)c(I)c(I)c(I)c3C2=O)c1C. The highest BCUT2D eigenvalue weighted by Crippen LogP contribution is 2.39. The molecular formula is C23H20I4N2O5. The fourth-order valence-electron chi connectivity index (χ4n) is 3.59. The Morgan fingerprint density at radius 3 is 1.97 bits per heavy atom. The van der Waals surface area contributed by atoms with Crippen molar-refractivity contribution in [1.82, 2.24) is 4.90 Å². The minimum absolute atomic E-state index is 0.311. The zero-order valence-corrected chi connectivity index (χ0v) is 27.2. The second kappa shape index (κ2) is 11.2. The summed E-state index contributed by atoms with van der Waals surface area (Å²) in [4.78, 5) is 53.1. The number of carbonyl (C=O) groups is 4. The standard InChI is InChI=1S/C23H20I4N2O5/c1-9(2)20(23(33)34-8-13(30)28-12-7-5-6-10(3)11(12)4)29-21(31)14-15(22(29)32)17(25)19(27)18(26)16(14)24/h5-7,9,20H,8H2,1-4H3,(H,28,30)/t20-/m1/s1. The maximum absolute atomic E-state index is 13.3. The number of fused-ring (bicyclic) bond motifs is 1. The fourth-order valence-corrected chi connectivity index (χ4v) is 7.24. The van der Waals surface area contributed by atoms with Gasteiger partial charge in [0.15, 0.2) is 6.61 Å². The van der Waals surface area contributed by atoms with Crippen LogP contribution >= 0.6 is 90.4 Å². The molecule has 1 aliphatic heterocycles. The van der Waals surface area contributed by atoms with Gasteiger partial charge in [0.25, 0.3) is 17.7 Å². The summed E-state index contributed by atoms with van der Waals surface area (Å²) in [5.41, 5.74) is 3.20. The lowest BCUT2D eigenvalue weighted by Gasteiger charge is -2.27. The molecule has 0 aromatic heterocycles. The predicted molar refractivity (Wildman–Crippen MR) is 162 cm³/mol. The van der Waals surface area contributed by atoms with E-state index >= 15 is 0 Å². The molecule has 0 radical (unpaired) electrons. The molecule has 0 unspecified atom stereocenters. The van der Waals surface area contributed by atoms with Gasteiger partial charge < -0.3 is 10.1 Å². The zero-order chi connectivity index (χ0) is 25.5. The predicted octanol–water partition coefficient (Wildman–Crippen LogP) is 5.52. The van der Waals surface area contributed by atoms with Crippen LogP contribution in [-0.2, 0) is 14.3 Å². The first kappa shape index (κ1) is 28.0. The van der Waals surface area contributed by atoms with Gasteiger partial charge in [0.2, 0.25) is 0 Å². The van der Waals surface area contributed by atoms with Gasteiger partial charge in [-0.3, -0.25) is 19.3 Å². The summed E-state index contributed by atoms with van der Waals surface area (Å²) in [7, 11) is 0. The quantitative estimate of drug-likeness (QED) is 0.136. The van der Waals surface area contributed by atoms with Crippen LogP contribution in [0.25, 0.3) is 0 Å².